The van der Waals surface area contributed by atoms with Crippen molar-refractivity contribution >= 4 is 5.91 Å². The predicted octanol–water partition coefficient (Wildman–Crippen LogP) is 1.49. The second-order valence-electron chi connectivity index (χ2n) is 3.88. The van der Waals surface area contributed by atoms with Gasteiger partial charge in [0, 0.05) is 6.07 Å². The maximum absolute atomic E-state index is 11.1. The van der Waals surface area contributed by atoms with Crippen LogP contribution in [0.5, 0.6) is 17.2 Å². The molecule has 0 fully saturated rings. The van der Waals surface area contributed by atoms with Gasteiger partial charge in [-0.25, -0.2) is 0 Å². The molecule has 0 unspecified atom stereocenters. The van der Waals surface area contributed by atoms with Crippen LogP contribution < -0.4 is 19.5 Å². The number of rotatable bonds is 4. The molecule has 5 nitrogen and oxygen atoms in total. The van der Waals surface area contributed by atoms with E-state index in [1.54, 1.807) is 31.2 Å². The van der Waals surface area contributed by atoms with E-state index in [-0.39, 0.29) is 19.3 Å². The summed E-state index contributed by atoms with van der Waals surface area (Å²) in [6, 6.07) is 5.35. The molecule has 0 atom stereocenters. The Bertz CT molecular complexity index is 569. The first kappa shape index (κ1) is 13.8. The summed E-state index contributed by atoms with van der Waals surface area (Å²) in [6.45, 7) is 2.57. The lowest BCUT2D eigenvalue weighted by molar-refractivity contribution is -0.116. The van der Waals surface area contributed by atoms with Crippen molar-refractivity contribution in [2.75, 3.05) is 19.9 Å². The van der Waals surface area contributed by atoms with Crippen LogP contribution in [0.3, 0.4) is 0 Å². The number of ether oxygens (including phenoxy) is 3. The number of nitrogens with one attached hydrogen (secondary N) is 1. The topological polar surface area (TPSA) is 56.8 Å². The summed E-state index contributed by atoms with van der Waals surface area (Å²) in [4.78, 5) is 11.1. The van der Waals surface area contributed by atoms with Crippen molar-refractivity contribution in [2.45, 2.75) is 6.92 Å². The van der Waals surface area contributed by atoms with E-state index in [9.17, 15) is 4.79 Å². The van der Waals surface area contributed by atoms with Crippen molar-refractivity contribution in [1.29, 1.82) is 0 Å². The molecular formula is C15H15NO4. The molecule has 2 rings (SSSR count). The van der Waals surface area contributed by atoms with Crippen LogP contribution in [0, 0.1) is 11.8 Å². The fourth-order valence-corrected chi connectivity index (χ4v) is 1.54. The average molecular weight is 273 g/mol. The van der Waals surface area contributed by atoms with Crippen molar-refractivity contribution in [3.8, 4) is 29.1 Å². The molecule has 104 valence electrons. The van der Waals surface area contributed by atoms with Crippen LogP contribution in [0.4, 0.5) is 0 Å². The molecule has 1 aliphatic heterocycles. The van der Waals surface area contributed by atoms with Crippen molar-refractivity contribution < 1.29 is 19.0 Å². The van der Waals surface area contributed by atoms with Gasteiger partial charge in [0.1, 0.15) is 12.4 Å². The summed E-state index contributed by atoms with van der Waals surface area (Å²) in [7, 11) is 0. The SMILES string of the molecule is CC=CC(=O)NCC#CCOc1ccc2c(c1)OCO2. The first-order valence-electron chi connectivity index (χ1n) is 6.18. The first-order valence-corrected chi connectivity index (χ1v) is 6.18. The van der Waals surface area contributed by atoms with Crippen molar-refractivity contribution in [3.05, 3.63) is 30.4 Å². The Hall–Kier alpha value is -2.61. The highest BCUT2D eigenvalue weighted by Gasteiger charge is 2.13. The zero-order valence-corrected chi connectivity index (χ0v) is 11.1. The maximum atomic E-state index is 11.1. The first-order chi connectivity index (χ1) is 9.79. The fourth-order valence-electron chi connectivity index (χ4n) is 1.54. The molecule has 0 spiro atoms. The van der Waals surface area contributed by atoms with Crippen LogP contribution in [0.1, 0.15) is 6.92 Å². The predicted molar refractivity (Wildman–Crippen MR) is 73.7 cm³/mol. The third-order valence-corrected chi connectivity index (χ3v) is 2.45. The lowest BCUT2D eigenvalue weighted by Gasteiger charge is -2.02. The van der Waals surface area contributed by atoms with Crippen molar-refractivity contribution in [1.82, 2.24) is 5.32 Å². The highest BCUT2D eigenvalue weighted by atomic mass is 16.7. The van der Waals surface area contributed by atoms with Gasteiger partial charge in [-0.15, -0.1) is 0 Å². The molecule has 1 amide bonds. The fraction of sp³-hybridized carbons (Fsp3) is 0.267. The lowest BCUT2D eigenvalue weighted by atomic mass is 10.3. The quantitative estimate of drug-likeness (QED) is 0.667. The number of hydrogen-bond acceptors (Lipinski definition) is 4. The number of carbonyl (C=O) groups is 1. The minimum absolute atomic E-state index is 0.154. The lowest BCUT2D eigenvalue weighted by Crippen LogP contribution is -2.21. The van der Waals surface area contributed by atoms with Gasteiger partial charge in [0.25, 0.3) is 0 Å². The van der Waals surface area contributed by atoms with Crippen LogP contribution in [-0.2, 0) is 4.79 Å². The van der Waals surface area contributed by atoms with Crippen LogP contribution in [0.25, 0.3) is 0 Å². The van der Waals surface area contributed by atoms with Gasteiger partial charge in [-0.3, -0.25) is 4.79 Å². The smallest absolute Gasteiger partial charge is 0.244 e. The van der Waals surface area contributed by atoms with Gasteiger partial charge >= 0.3 is 0 Å². The molecule has 1 aliphatic rings. The zero-order chi connectivity index (χ0) is 14.2. The third kappa shape index (κ3) is 3.95. The second-order valence-corrected chi connectivity index (χ2v) is 3.88. The zero-order valence-electron chi connectivity index (χ0n) is 11.1. The van der Waals surface area contributed by atoms with Crippen LogP contribution in [0.2, 0.25) is 0 Å². The van der Waals surface area contributed by atoms with Crippen molar-refractivity contribution in [3.63, 3.8) is 0 Å². The Morgan fingerprint density at radius 1 is 1.40 bits per heavy atom. The van der Waals surface area contributed by atoms with Crippen LogP contribution in [-0.4, -0.2) is 25.9 Å². The summed E-state index contributed by atoms with van der Waals surface area (Å²) in [5.41, 5.74) is 0. The molecule has 0 saturated heterocycles. The van der Waals surface area contributed by atoms with Crippen LogP contribution in [0.15, 0.2) is 30.4 Å². The second kappa shape index (κ2) is 7.10. The standard InChI is InChI=1S/C15H15NO4/c1-2-5-15(17)16-8-3-4-9-18-12-6-7-13-14(10-12)20-11-19-13/h2,5-7,10H,8-9,11H2,1H3,(H,16,17). The van der Waals surface area contributed by atoms with E-state index < -0.39 is 0 Å². The average Bonchev–Trinajstić information content (AvgIpc) is 2.90. The molecule has 0 radical (unpaired) electrons. The van der Waals surface area contributed by atoms with Gasteiger partial charge in [-0.05, 0) is 25.1 Å². The van der Waals surface area contributed by atoms with Gasteiger partial charge in [0.05, 0.1) is 6.54 Å². The molecule has 1 N–H and O–H groups in total. The van der Waals surface area contributed by atoms with Gasteiger partial charge in [-0.2, -0.15) is 0 Å². The Morgan fingerprint density at radius 3 is 3.10 bits per heavy atom. The molecule has 1 heterocycles. The summed E-state index contributed by atoms with van der Waals surface area (Å²) in [5.74, 6) is 7.52. The Balaban J connectivity index is 1.72. The van der Waals surface area contributed by atoms with E-state index in [2.05, 4.69) is 17.2 Å². The number of amides is 1. The molecular weight excluding hydrogens is 258 g/mol. The van der Waals surface area contributed by atoms with Gasteiger partial charge < -0.3 is 19.5 Å². The minimum atomic E-state index is -0.154. The van der Waals surface area contributed by atoms with Gasteiger partial charge in [0.15, 0.2) is 11.5 Å². The van der Waals surface area contributed by atoms with Gasteiger partial charge in [-0.1, -0.05) is 17.9 Å². The molecule has 5 heteroatoms. The van der Waals surface area contributed by atoms with E-state index in [1.165, 1.54) is 6.08 Å². The molecule has 0 bridgehead atoms. The van der Waals surface area contributed by atoms with E-state index in [0.717, 1.165) is 5.75 Å². The molecule has 0 aliphatic carbocycles. The Morgan fingerprint density at radius 2 is 2.25 bits per heavy atom. The third-order valence-electron chi connectivity index (χ3n) is 2.45. The number of carbonyl (C=O) groups excluding carboxylic acids is 1. The van der Waals surface area contributed by atoms with Crippen molar-refractivity contribution in [2.24, 2.45) is 0 Å². The largest absolute Gasteiger partial charge is 0.481 e. The summed E-state index contributed by atoms with van der Waals surface area (Å²) >= 11 is 0. The number of fused-ring (bicyclic) bond motifs is 1. The number of hydrogen-bond donors (Lipinski definition) is 1. The van der Waals surface area contributed by atoms with E-state index in [0.29, 0.717) is 18.0 Å². The number of allylic oxidation sites excluding steroid dienone is 1. The normalized spacial score (nSPS) is 11.8. The molecule has 20 heavy (non-hydrogen) atoms. The van der Waals surface area contributed by atoms with E-state index >= 15 is 0 Å². The Labute approximate surface area is 117 Å². The minimum Gasteiger partial charge on any atom is -0.481 e. The molecule has 0 aromatic heterocycles. The molecule has 0 saturated carbocycles. The summed E-state index contributed by atoms with van der Waals surface area (Å²) < 4.78 is 15.9. The van der Waals surface area contributed by atoms with E-state index in [1.807, 2.05) is 0 Å². The molecule has 1 aromatic rings. The van der Waals surface area contributed by atoms with Gasteiger partial charge in [0.2, 0.25) is 12.7 Å². The van der Waals surface area contributed by atoms with Crippen LogP contribution >= 0.6 is 0 Å². The monoisotopic (exact) mass is 273 g/mol. The maximum Gasteiger partial charge on any atom is 0.244 e. The number of benzene rings is 1. The summed E-state index contributed by atoms with van der Waals surface area (Å²) in [6.07, 6.45) is 3.12. The highest BCUT2D eigenvalue weighted by Crippen LogP contribution is 2.34. The Kier molecular flexibility index (Phi) is 4.90. The molecule has 1 aromatic carbocycles. The highest BCUT2D eigenvalue weighted by molar-refractivity contribution is 5.87. The van der Waals surface area contributed by atoms with E-state index in [4.69, 9.17) is 14.2 Å². The summed E-state index contributed by atoms with van der Waals surface area (Å²) in [5, 5.41) is 2.62.